The molecule has 298 valence electrons. The molecule has 4 nitrogen and oxygen atoms in total. The quantitative estimate of drug-likeness (QED) is 0.171. The van der Waals surface area contributed by atoms with Gasteiger partial charge in [-0.2, -0.15) is 0 Å². The van der Waals surface area contributed by atoms with Crippen LogP contribution in [0.25, 0.3) is 11.6 Å². The maximum Gasteiger partial charge on any atom is 0.254 e. The van der Waals surface area contributed by atoms with Gasteiger partial charge in [-0.3, -0.25) is 4.79 Å². The van der Waals surface area contributed by atoms with E-state index in [1.54, 1.807) is 0 Å². The summed E-state index contributed by atoms with van der Waals surface area (Å²) in [6, 6.07) is 14.8. The van der Waals surface area contributed by atoms with Crippen LogP contribution in [0.15, 0.2) is 90.7 Å². The summed E-state index contributed by atoms with van der Waals surface area (Å²) < 4.78 is 0. The summed E-state index contributed by atoms with van der Waals surface area (Å²) in [4.78, 5) is 20.8. The summed E-state index contributed by atoms with van der Waals surface area (Å²) >= 11 is 0. The number of nitrogens with zero attached hydrogens (tertiary/aromatic N) is 3. The lowest BCUT2D eigenvalue weighted by atomic mass is 9.94. The first kappa shape index (κ1) is 51.5. The van der Waals surface area contributed by atoms with Crippen LogP contribution in [-0.4, -0.2) is 56.0 Å². The number of carbonyl (C=O) groups excluding carboxylic acids is 1. The number of amides is 1. The Morgan fingerprint density at radius 2 is 1.45 bits per heavy atom. The van der Waals surface area contributed by atoms with Crippen molar-refractivity contribution in [3.63, 3.8) is 0 Å². The smallest absolute Gasteiger partial charge is 0.254 e. The second kappa shape index (κ2) is 31.9. The minimum atomic E-state index is 0.132. The van der Waals surface area contributed by atoms with Gasteiger partial charge in [-0.25, -0.2) is 0 Å². The zero-order chi connectivity index (χ0) is 40.8. The molecule has 1 aliphatic rings. The molecule has 1 amide bonds. The number of likely N-dealkylation sites (N-methyl/N-ethyl adjacent to an activating group) is 1. The number of rotatable bonds is 15. The first-order chi connectivity index (χ1) is 25.4. The minimum Gasteiger partial charge on any atom is -0.346 e. The van der Waals surface area contributed by atoms with Crippen molar-refractivity contribution in [2.45, 2.75) is 134 Å². The predicted octanol–water partition coefficient (Wildman–Crippen LogP) is 13.9. The molecule has 53 heavy (non-hydrogen) atoms. The maximum atomic E-state index is 14.1. The zero-order valence-electron chi connectivity index (χ0n) is 37.0. The Bertz CT molecular complexity index is 1390. The molecule has 0 aromatic heterocycles. The molecule has 0 atom stereocenters. The van der Waals surface area contributed by atoms with Crippen LogP contribution in [0.2, 0.25) is 0 Å². The molecule has 0 saturated carbocycles. The molecule has 0 unspecified atom stereocenters. The van der Waals surface area contributed by atoms with E-state index in [2.05, 4.69) is 172 Å². The van der Waals surface area contributed by atoms with Gasteiger partial charge in [-0.05, 0) is 102 Å². The number of fused-ring (bicyclic) bond motifs is 1. The van der Waals surface area contributed by atoms with Crippen LogP contribution in [0.1, 0.15) is 143 Å². The molecular formula is C49H81N3O. The highest BCUT2D eigenvalue weighted by molar-refractivity contribution is 6.21. The van der Waals surface area contributed by atoms with Gasteiger partial charge >= 0.3 is 0 Å². The Hall–Kier alpha value is -3.63. The van der Waals surface area contributed by atoms with Gasteiger partial charge in [0.05, 0.1) is 6.54 Å². The van der Waals surface area contributed by atoms with Crippen LogP contribution in [0.3, 0.4) is 0 Å². The van der Waals surface area contributed by atoms with Crippen LogP contribution in [-0.2, 0) is 4.79 Å². The highest BCUT2D eigenvalue weighted by Gasteiger charge is 2.25. The lowest BCUT2D eigenvalue weighted by Crippen LogP contribution is -2.38. The van der Waals surface area contributed by atoms with Gasteiger partial charge in [0.2, 0.25) is 0 Å². The van der Waals surface area contributed by atoms with Crippen molar-refractivity contribution in [3.8, 4) is 0 Å². The molecule has 3 rings (SSSR count). The van der Waals surface area contributed by atoms with E-state index in [9.17, 15) is 4.79 Å². The predicted molar refractivity (Wildman–Crippen MR) is 242 cm³/mol. The monoisotopic (exact) mass is 728 g/mol. The third-order valence-corrected chi connectivity index (χ3v) is 9.12. The number of benzene rings is 2. The maximum absolute atomic E-state index is 14.1. The highest BCUT2D eigenvalue weighted by Crippen LogP contribution is 2.31. The molecule has 0 aliphatic heterocycles. The number of aryl methyl sites for hydroxylation is 2. The summed E-state index contributed by atoms with van der Waals surface area (Å²) in [5.74, 6) is 0.132. The Labute approximate surface area is 329 Å². The minimum absolute atomic E-state index is 0.132. The number of para-hydroxylation sites is 1. The van der Waals surface area contributed by atoms with Crippen molar-refractivity contribution in [1.82, 2.24) is 9.80 Å². The lowest BCUT2D eigenvalue weighted by Gasteiger charge is -2.32. The number of anilines is 1. The van der Waals surface area contributed by atoms with E-state index in [0.717, 1.165) is 80.4 Å². The molecule has 2 aromatic carbocycles. The van der Waals surface area contributed by atoms with E-state index in [1.165, 1.54) is 40.9 Å². The van der Waals surface area contributed by atoms with E-state index in [4.69, 9.17) is 0 Å². The van der Waals surface area contributed by atoms with Crippen molar-refractivity contribution in [2.24, 2.45) is 0 Å². The van der Waals surface area contributed by atoms with Gasteiger partial charge < -0.3 is 14.7 Å². The molecule has 1 aliphatic carbocycles. The van der Waals surface area contributed by atoms with Gasteiger partial charge in [-0.1, -0.05) is 147 Å². The number of carbonyl (C=O) groups is 1. The first-order valence-corrected chi connectivity index (χ1v) is 20.6. The molecule has 0 radical (unpaired) electrons. The standard InChI is InChI=1S/C31H40N2O.C8H17N.C4H10.C4H8.C2H6/c1-7-9-21-33(22-29(23(3)8-2)32(6)28-20-13-10-15-24(28)4)31(34)27-19-12-11-17-26-18-14-16-25(5)30(26)27;1-5-9(4)7-6-8(2)3;2*1-3-4-2;1-2/h10-11,13-20H,7-9,12,21-22H2,1-6H3;2,5-7H2,1,3-4H3;3-4H2,1-2H3;3H,1,4H2,2H3;1-2H3. The average molecular weight is 728 g/mol. The van der Waals surface area contributed by atoms with Crippen molar-refractivity contribution in [2.75, 3.05) is 45.2 Å². The molecule has 0 N–H and O–H groups in total. The van der Waals surface area contributed by atoms with E-state index in [0.29, 0.717) is 6.54 Å². The largest absolute Gasteiger partial charge is 0.346 e. The van der Waals surface area contributed by atoms with Crippen LogP contribution >= 0.6 is 0 Å². The molecule has 0 heterocycles. The Kier molecular flexibility index (Phi) is 30.9. The van der Waals surface area contributed by atoms with Crippen LogP contribution < -0.4 is 4.90 Å². The fourth-order valence-electron chi connectivity index (χ4n) is 5.18. The molecular weight excluding hydrogens is 647 g/mol. The number of allylic oxidation sites excluding steroid dienone is 4. The Morgan fingerprint density at radius 3 is 1.96 bits per heavy atom. The van der Waals surface area contributed by atoms with Crippen LogP contribution in [0, 0.1) is 13.8 Å². The van der Waals surface area contributed by atoms with Gasteiger partial charge in [-0.15, -0.1) is 13.2 Å². The second-order valence-electron chi connectivity index (χ2n) is 13.6. The Balaban J connectivity index is 0. The van der Waals surface area contributed by atoms with Crippen molar-refractivity contribution >= 4 is 23.2 Å². The van der Waals surface area contributed by atoms with Gasteiger partial charge in [0.25, 0.3) is 5.91 Å². The van der Waals surface area contributed by atoms with E-state index in [1.807, 2.05) is 19.9 Å². The van der Waals surface area contributed by atoms with Crippen molar-refractivity contribution < 1.29 is 4.79 Å². The van der Waals surface area contributed by atoms with Gasteiger partial charge in [0.15, 0.2) is 0 Å². The van der Waals surface area contributed by atoms with Crippen LogP contribution in [0.5, 0.6) is 0 Å². The topological polar surface area (TPSA) is 26.8 Å². The zero-order valence-corrected chi connectivity index (χ0v) is 37.0. The normalized spacial score (nSPS) is 11.6. The molecule has 0 bridgehead atoms. The lowest BCUT2D eigenvalue weighted by molar-refractivity contribution is -0.124. The molecule has 0 fully saturated rings. The summed E-state index contributed by atoms with van der Waals surface area (Å²) in [5.41, 5.74) is 10.4. The average Bonchev–Trinajstić information content (AvgIpc) is 3.41. The summed E-state index contributed by atoms with van der Waals surface area (Å²) in [5, 5.41) is 0. The highest BCUT2D eigenvalue weighted by atomic mass is 16.2. The SMILES string of the molecule is C=C(C)CCN(C)CC.C=CCC.CC.CCCC.CCCCN(CC(=C(C)CC)N(C)c1ccccc1C)C(=O)C1=CCC=Cc2cccc(C)c21. The van der Waals surface area contributed by atoms with Gasteiger partial charge in [0, 0.05) is 37.1 Å². The molecule has 0 saturated heterocycles. The fraction of sp³-hybridized carbons (Fsp3) is 0.531. The van der Waals surface area contributed by atoms with E-state index >= 15 is 0 Å². The van der Waals surface area contributed by atoms with E-state index < -0.39 is 0 Å². The van der Waals surface area contributed by atoms with E-state index in [-0.39, 0.29) is 5.91 Å². The number of hydrogen-bond acceptors (Lipinski definition) is 3. The van der Waals surface area contributed by atoms with Gasteiger partial charge in [0.1, 0.15) is 0 Å². The number of hydrogen-bond donors (Lipinski definition) is 0. The fourth-order valence-corrected chi connectivity index (χ4v) is 5.18. The van der Waals surface area contributed by atoms with Crippen molar-refractivity contribution in [3.05, 3.63) is 113 Å². The molecule has 4 heteroatoms. The third-order valence-electron chi connectivity index (χ3n) is 9.12. The second-order valence-corrected chi connectivity index (χ2v) is 13.6. The third kappa shape index (κ3) is 20.4. The van der Waals surface area contributed by atoms with Crippen LogP contribution in [0.4, 0.5) is 5.69 Å². The molecule has 0 spiro atoms. The Morgan fingerprint density at radius 1 is 0.849 bits per heavy atom. The summed E-state index contributed by atoms with van der Waals surface area (Å²) in [7, 11) is 4.26. The summed E-state index contributed by atoms with van der Waals surface area (Å²) in [6.45, 7) is 36.4. The van der Waals surface area contributed by atoms with Crippen molar-refractivity contribution in [1.29, 1.82) is 0 Å². The first-order valence-electron chi connectivity index (χ1n) is 20.6. The molecule has 2 aromatic rings. The summed E-state index contributed by atoms with van der Waals surface area (Å²) in [6.07, 6.45) is 16.9. The number of unbranched alkanes of at least 4 members (excludes halogenated alkanes) is 2.